The van der Waals surface area contributed by atoms with Crippen LogP contribution in [0.25, 0.3) is 0 Å². The van der Waals surface area contributed by atoms with Crippen LogP contribution in [-0.2, 0) is 4.74 Å². The molecular weight excluding hydrogens is 325 g/mol. The number of rotatable bonds is 4. The summed E-state index contributed by atoms with van der Waals surface area (Å²) in [6.07, 6.45) is -0.349. The van der Waals surface area contributed by atoms with Gasteiger partial charge in [0, 0.05) is 12.6 Å². The van der Waals surface area contributed by atoms with E-state index in [1.54, 1.807) is 42.3 Å². The molecular formula is C19H20FNO4. The maximum atomic E-state index is 13.4. The normalized spacial score (nSPS) is 17.2. The summed E-state index contributed by atoms with van der Waals surface area (Å²) in [4.78, 5) is 14.6. The van der Waals surface area contributed by atoms with Gasteiger partial charge >= 0.3 is 0 Å². The van der Waals surface area contributed by atoms with E-state index in [-0.39, 0.29) is 17.8 Å². The molecule has 0 saturated carbocycles. The second kappa shape index (κ2) is 7.53. The summed E-state index contributed by atoms with van der Waals surface area (Å²) in [6, 6.07) is 11.4. The third-order valence-corrected chi connectivity index (χ3v) is 4.21. The van der Waals surface area contributed by atoms with Crippen molar-refractivity contribution in [3.8, 4) is 11.5 Å². The second-order valence-electron chi connectivity index (χ2n) is 5.73. The van der Waals surface area contributed by atoms with Crippen LogP contribution in [0, 0.1) is 5.82 Å². The van der Waals surface area contributed by atoms with Gasteiger partial charge in [0.25, 0.3) is 5.91 Å². The van der Waals surface area contributed by atoms with Crippen LogP contribution in [0.5, 0.6) is 11.5 Å². The van der Waals surface area contributed by atoms with Gasteiger partial charge in [0.1, 0.15) is 23.4 Å². The Balaban J connectivity index is 1.80. The number of nitrogens with zero attached hydrogens (tertiary/aromatic N) is 1. The van der Waals surface area contributed by atoms with Crippen molar-refractivity contribution < 1.29 is 23.4 Å². The van der Waals surface area contributed by atoms with Gasteiger partial charge in [-0.1, -0.05) is 12.1 Å². The standard InChI is InChI=1S/C19H20FNO4/c1-23-15-6-7-16(17(11-15)24-2)19(22)21-8-9-25-18(12-21)13-4-3-5-14(20)10-13/h3-7,10-11,18H,8-9,12H2,1-2H3/t18-/m0/s1. The maximum Gasteiger partial charge on any atom is 0.257 e. The summed E-state index contributed by atoms with van der Waals surface area (Å²) >= 11 is 0. The number of benzene rings is 2. The summed E-state index contributed by atoms with van der Waals surface area (Å²) in [5, 5.41) is 0. The Morgan fingerprint density at radius 1 is 1.20 bits per heavy atom. The molecule has 1 heterocycles. The summed E-state index contributed by atoms with van der Waals surface area (Å²) in [5.41, 5.74) is 1.18. The zero-order chi connectivity index (χ0) is 17.8. The maximum absolute atomic E-state index is 13.4. The number of carbonyl (C=O) groups is 1. The Kier molecular flexibility index (Phi) is 5.19. The first-order valence-electron chi connectivity index (χ1n) is 8.00. The van der Waals surface area contributed by atoms with E-state index >= 15 is 0 Å². The van der Waals surface area contributed by atoms with E-state index in [1.807, 2.05) is 0 Å². The zero-order valence-electron chi connectivity index (χ0n) is 14.2. The van der Waals surface area contributed by atoms with E-state index < -0.39 is 0 Å². The number of hydrogen-bond donors (Lipinski definition) is 0. The first-order valence-corrected chi connectivity index (χ1v) is 8.00. The number of ether oxygens (including phenoxy) is 3. The molecule has 1 saturated heterocycles. The first kappa shape index (κ1) is 17.2. The topological polar surface area (TPSA) is 48.0 Å². The van der Waals surface area contributed by atoms with Crippen LogP contribution >= 0.6 is 0 Å². The third-order valence-electron chi connectivity index (χ3n) is 4.21. The first-order chi connectivity index (χ1) is 12.1. The minimum Gasteiger partial charge on any atom is -0.497 e. The van der Waals surface area contributed by atoms with Gasteiger partial charge in [0.2, 0.25) is 0 Å². The molecule has 0 radical (unpaired) electrons. The smallest absolute Gasteiger partial charge is 0.257 e. The van der Waals surface area contributed by atoms with Crippen molar-refractivity contribution in [3.05, 3.63) is 59.4 Å². The molecule has 0 spiro atoms. The van der Waals surface area contributed by atoms with E-state index in [1.165, 1.54) is 19.2 Å². The van der Waals surface area contributed by atoms with Crippen LogP contribution in [0.2, 0.25) is 0 Å². The lowest BCUT2D eigenvalue weighted by molar-refractivity contribution is -0.0230. The third kappa shape index (κ3) is 3.74. The van der Waals surface area contributed by atoms with Crippen LogP contribution in [0.1, 0.15) is 22.0 Å². The fourth-order valence-electron chi connectivity index (χ4n) is 2.89. The van der Waals surface area contributed by atoms with Crippen LogP contribution < -0.4 is 9.47 Å². The molecule has 1 amide bonds. The lowest BCUT2D eigenvalue weighted by atomic mass is 10.1. The number of morpholine rings is 1. The monoisotopic (exact) mass is 345 g/mol. The zero-order valence-corrected chi connectivity index (χ0v) is 14.2. The van der Waals surface area contributed by atoms with Gasteiger partial charge in [-0.25, -0.2) is 4.39 Å². The highest BCUT2D eigenvalue weighted by molar-refractivity contribution is 5.97. The van der Waals surface area contributed by atoms with Crippen LogP contribution in [0.15, 0.2) is 42.5 Å². The summed E-state index contributed by atoms with van der Waals surface area (Å²) in [6.45, 7) is 1.22. The van der Waals surface area contributed by atoms with Crippen molar-refractivity contribution in [1.82, 2.24) is 4.90 Å². The lowest BCUT2D eigenvalue weighted by Gasteiger charge is -2.33. The average Bonchev–Trinajstić information content (AvgIpc) is 2.67. The van der Waals surface area contributed by atoms with Crippen molar-refractivity contribution in [2.75, 3.05) is 33.9 Å². The fourth-order valence-corrected chi connectivity index (χ4v) is 2.89. The number of halogens is 1. The molecule has 5 nitrogen and oxygen atoms in total. The summed E-state index contributed by atoms with van der Waals surface area (Å²) in [7, 11) is 3.07. The molecule has 1 aliphatic rings. The Labute approximate surface area is 145 Å². The molecule has 2 aromatic rings. The quantitative estimate of drug-likeness (QED) is 0.855. The summed E-state index contributed by atoms with van der Waals surface area (Å²) in [5.74, 6) is 0.608. The van der Waals surface area contributed by atoms with Gasteiger partial charge in [0.15, 0.2) is 0 Å². The number of carbonyl (C=O) groups excluding carboxylic acids is 1. The van der Waals surface area contributed by atoms with Gasteiger partial charge < -0.3 is 19.1 Å². The van der Waals surface area contributed by atoms with E-state index in [0.29, 0.717) is 36.8 Å². The van der Waals surface area contributed by atoms with E-state index in [9.17, 15) is 9.18 Å². The Bertz CT molecular complexity index is 765. The average molecular weight is 345 g/mol. The molecule has 0 unspecified atom stereocenters. The van der Waals surface area contributed by atoms with E-state index in [0.717, 1.165) is 5.56 Å². The van der Waals surface area contributed by atoms with Crippen molar-refractivity contribution in [1.29, 1.82) is 0 Å². The van der Waals surface area contributed by atoms with Gasteiger partial charge in [-0.3, -0.25) is 4.79 Å². The Hall–Kier alpha value is -2.60. The van der Waals surface area contributed by atoms with Crippen molar-refractivity contribution in [2.45, 2.75) is 6.10 Å². The molecule has 3 rings (SSSR count). The molecule has 0 aromatic heterocycles. The highest BCUT2D eigenvalue weighted by Gasteiger charge is 2.28. The molecule has 1 atom stereocenters. The van der Waals surface area contributed by atoms with Gasteiger partial charge in [-0.2, -0.15) is 0 Å². The molecule has 2 aromatic carbocycles. The van der Waals surface area contributed by atoms with Crippen molar-refractivity contribution >= 4 is 5.91 Å². The van der Waals surface area contributed by atoms with Gasteiger partial charge in [0.05, 0.1) is 32.9 Å². The summed E-state index contributed by atoms with van der Waals surface area (Å²) < 4.78 is 29.6. The largest absolute Gasteiger partial charge is 0.497 e. The molecule has 0 aliphatic carbocycles. The molecule has 0 bridgehead atoms. The molecule has 6 heteroatoms. The number of hydrogen-bond acceptors (Lipinski definition) is 4. The Morgan fingerprint density at radius 2 is 2.04 bits per heavy atom. The molecule has 0 N–H and O–H groups in total. The highest BCUT2D eigenvalue weighted by Crippen LogP contribution is 2.28. The number of methoxy groups -OCH3 is 2. The molecule has 25 heavy (non-hydrogen) atoms. The van der Waals surface area contributed by atoms with Crippen molar-refractivity contribution in [2.24, 2.45) is 0 Å². The van der Waals surface area contributed by atoms with Crippen LogP contribution in [0.3, 0.4) is 0 Å². The predicted octanol–water partition coefficient (Wildman–Crippen LogP) is 3.06. The van der Waals surface area contributed by atoms with Crippen LogP contribution in [0.4, 0.5) is 4.39 Å². The SMILES string of the molecule is COc1ccc(C(=O)N2CCO[C@H](c3cccc(F)c3)C2)c(OC)c1. The lowest BCUT2D eigenvalue weighted by Crippen LogP contribution is -2.42. The minimum atomic E-state index is -0.349. The second-order valence-corrected chi connectivity index (χ2v) is 5.73. The van der Waals surface area contributed by atoms with E-state index in [4.69, 9.17) is 14.2 Å². The molecule has 132 valence electrons. The van der Waals surface area contributed by atoms with Crippen molar-refractivity contribution in [3.63, 3.8) is 0 Å². The molecule has 1 aliphatic heterocycles. The van der Waals surface area contributed by atoms with Crippen LogP contribution in [-0.4, -0.2) is 44.7 Å². The minimum absolute atomic E-state index is 0.149. The molecule has 1 fully saturated rings. The highest BCUT2D eigenvalue weighted by atomic mass is 19.1. The number of amides is 1. The fraction of sp³-hybridized carbons (Fsp3) is 0.316. The van der Waals surface area contributed by atoms with Gasteiger partial charge in [-0.15, -0.1) is 0 Å². The Morgan fingerprint density at radius 3 is 2.76 bits per heavy atom. The van der Waals surface area contributed by atoms with E-state index in [2.05, 4.69) is 0 Å². The predicted molar refractivity (Wildman–Crippen MR) is 90.5 cm³/mol. The van der Waals surface area contributed by atoms with Gasteiger partial charge in [-0.05, 0) is 29.8 Å².